The number of nitrogens with zero attached hydrogens (tertiary/aromatic N) is 1. The van der Waals surface area contributed by atoms with E-state index < -0.39 is 0 Å². The highest BCUT2D eigenvalue weighted by atomic mass is 16.3. The van der Waals surface area contributed by atoms with Crippen LogP contribution < -0.4 is 0 Å². The minimum absolute atomic E-state index is 0.376. The van der Waals surface area contributed by atoms with Crippen molar-refractivity contribution < 1.29 is 5.11 Å². The van der Waals surface area contributed by atoms with E-state index in [4.69, 9.17) is 5.11 Å². The molecule has 2 nitrogen and oxygen atoms in total. The van der Waals surface area contributed by atoms with Crippen LogP contribution in [0.15, 0.2) is 0 Å². The summed E-state index contributed by atoms with van der Waals surface area (Å²) in [4.78, 5) is 2.43. The van der Waals surface area contributed by atoms with E-state index >= 15 is 0 Å². The van der Waals surface area contributed by atoms with Crippen LogP contribution in [0.5, 0.6) is 0 Å². The predicted molar refractivity (Wildman–Crippen MR) is 51.1 cm³/mol. The van der Waals surface area contributed by atoms with E-state index in [1.165, 1.54) is 19.4 Å². The van der Waals surface area contributed by atoms with Crippen molar-refractivity contribution in [2.75, 3.05) is 26.2 Å². The summed E-state index contributed by atoms with van der Waals surface area (Å²) in [5, 5.41) is 8.79. The summed E-state index contributed by atoms with van der Waals surface area (Å²) < 4.78 is 0. The van der Waals surface area contributed by atoms with Gasteiger partial charge in [-0.05, 0) is 25.3 Å². The van der Waals surface area contributed by atoms with Gasteiger partial charge in [0.25, 0.3) is 0 Å². The molecule has 0 aliphatic carbocycles. The Balaban J connectivity index is 1.90. The number of aliphatic hydroxyl groups excluding tert-OH is 1. The third kappa shape index (κ3) is 3.11. The van der Waals surface area contributed by atoms with E-state index in [-0.39, 0.29) is 0 Å². The lowest BCUT2D eigenvalue weighted by Gasteiger charge is -2.38. The highest BCUT2D eigenvalue weighted by Gasteiger charge is 2.24. The van der Waals surface area contributed by atoms with Gasteiger partial charge in [0, 0.05) is 25.6 Å². The SMILES string of the molecule is CC(C)CCCN1CC(CO)C1. The molecule has 0 aromatic rings. The topological polar surface area (TPSA) is 23.5 Å². The van der Waals surface area contributed by atoms with Gasteiger partial charge in [-0.2, -0.15) is 0 Å². The van der Waals surface area contributed by atoms with Crippen LogP contribution in [0.25, 0.3) is 0 Å². The summed E-state index contributed by atoms with van der Waals surface area (Å²) >= 11 is 0. The van der Waals surface area contributed by atoms with Gasteiger partial charge in [0.05, 0.1) is 0 Å². The molecule has 0 spiro atoms. The average Bonchev–Trinajstić information content (AvgIpc) is 1.93. The van der Waals surface area contributed by atoms with Gasteiger partial charge in [0.15, 0.2) is 0 Å². The maximum atomic E-state index is 8.79. The van der Waals surface area contributed by atoms with Crippen LogP contribution in [-0.2, 0) is 0 Å². The zero-order valence-corrected chi connectivity index (χ0v) is 8.29. The molecular formula is C10H21NO. The van der Waals surface area contributed by atoms with Crippen LogP contribution in [0.3, 0.4) is 0 Å². The minimum Gasteiger partial charge on any atom is -0.396 e. The molecule has 12 heavy (non-hydrogen) atoms. The first-order chi connectivity index (χ1) is 5.72. The number of hydrogen-bond acceptors (Lipinski definition) is 2. The summed E-state index contributed by atoms with van der Waals surface area (Å²) in [6, 6.07) is 0. The molecule has 1 N–H and O–H groups in total. The lowest BCUT2D eigenvalue weighted by atomic mass is 10.00. The number of aliphatic hydroxyl groups is 1. The molecule has 0 aromatic heterocycles. The zero-order valence-electron chi connectivity index (χ0n) is 8.29. The Morgan fingerprint density at radius 2 is 2.08 bits per heavy atom. The second kappa shape index (κ2) is 4.83. The van der Waals surface area contributed by atoms with Gasteiger partial charge < -0.3 is 10.0 Å². The van der Waals surface area contributed by atoms with Crippen molar-refractivity contribution in [3.05, 3.63) is 0 Å². The van der Waals surface area contributed by atoms with Crippen molar-refractivity contribution in [2.24, 2.45) is 11.8 Å². The Morgan fingerprint density at radius 3 is 2.58 bits per heavy atom. The molecule has 0 bridgehead atoms. The zero-order chi connectivity index (χ0) is 8.97. The first-order valence-corrected chi connectivity index (χ1v) is 5.05. The summed E-state index contributed by atoms with van der Waals surface area (Å²) in [6.07, 6.45) is 2.65. The molecule has 0 saturated carbocycles. The molecule has 2 heteroatoms. The summed E-state index contributed by atoms with van der Waals surface area (Å²) in [5.41, 5.74) is 0. The Labute approximate surface area is 75.6 Å². The number of likely N-dealkylation sites (tertiary alicyclic amines) is 1. The summed E-state index contributed by atoms with van der Waals surface area (Å²) in [5.74, 6) is 1.41. The van der Waals surface area contributed by atoms with Gasteiger partial charge in [-0.15, -0.1) is 0 Å². The average molecular weight is 171 g/mol. The van der Waals surface area contributed by atoms with E-state index in [2.05, 4.69) is 18.7 Å². The maximum Gasteiger partial charge on any atom is 0.0483 e. The molecule has 0 radical (unpaired) electrons. The molecule has 0 amide bonds. The molecule has 0 atom stereocenters. The van der Waals surface area contributed by atoms with Crippen molar-refractivity contribution in [3.63, 3.8) is 0 Å². The molecular weight excluding hydrogens is 150 g/mol. The van der Waals surface area contributed by atoms with Crippen LogP contribution in [0.1, 0.15) is 26.7 Å². The van der Waals surface area contributed by atoms with Crippen LogP contribution >= 0.6 is 0 Å². The van der Waals surface area contributed by atoms with Gasteiger partial charge in [0.1, 0.15) is 0 Å². The third-order valence-corrected chi connectivity index (χ3v) is 2.55. The van der Waals surface area contributed by atoms with E-state index in [9.17, 15) is 0 Å². The van der Waals surface area contributed by atoms with Crippen LogP contribution in [0, 0.1) is 11.8 Å². The predicted octanol–water partition coefficient (Wildman–Crippen LogP) is 1.35. The fraction of sp³-hybridized carbons (Fsp3) is 1.00. The van der Waals surface area contributed by atoms with E-state index in [1.807, 2.05) is 0 Å². The third-order valence-electron chi connectivity index (χ3n) is 2.55. The van der Waals surface area contributed by atoms with Crippen molar-refractivity contribution in [3.8, 4) is 0 Å². The lowest BCUT2D eigenvalue weighted by Crippen LogP contribution is -2.48. The van der Waals surface area contributed by atoms with E-state index in [0.29, 0.717) is 12.5 Å². The molecule has 1 rings (SSSR count). The molecule has 72 valence electrons. The summed E-state index contributed by atoms with van der Waals surface area (Å²) in [6.45, 7) is 8.39. The standard InChI is InChI=1S/C10H21NO/c1-9(2)4-3-5-11-6-10(7-11)8-12/h9-10,12H,3-8H2,1-2H3. The Morgan fingerprint density at radius 1 is 1.42 bits per heavy atom. The van der Waals surface area contributed by atoms with Gasteiger partial charge in [-0.25, -0.2) is 0 Å². The Bertz CT molecular complexity index is 119. The molecule has 1 saturated heterocycles. The highest BCUT2D eigenvalue weighted by Crippen LogP contribution is 2.15. The monoisotopic (exact) mass is 171 g/mol. The lowest BCUT2D eigenvalue weighted by molar-refractivity contribution is 0.0522. The quantitative estimate of drug-likeness (QED) is 0.675. The van der Waals surface area contributed by atoms with Crippen LogP contribution in [-0.4, -0.2) is 36.2 Å². The first-order valence-electron chi connectivity index (χ1n) is 5.05. The van der Waals surface area contributed by atoms with Crippen molar-refractivity contribution in [1.82, 2.24) is 4.90 Å². The fourth-order valence-electron chi connectivity index (χ4n) is 1.70. The van der Waals surface area contributed by atoms with E-state index in [1.54, 1.807) is 0 Å². The Hall–Kier alpha value is -0.0800. The van der Waals surface area contributed by atoms with Crippen molar-refractivity contribution >= 4 is 0 Å². The molecule has 1 aliphatic rings. The first kappa shape index (κ1) is 10.0. The minimum atomic E-state index is 0.376. The fourth-order valence-corrected chi connectivity index (χ4v) is 1.70. The normalized spacial score (nSPS) is 20.0. The van der Waals surface area contributed by atoms with Gasteiger partial charge in [-0.3, -0.25) is 0 Å². The molecule has 0 aromatic carbocycles. The highest BCUT2D eigenvalue weighted by molar-refractivity contribution is 4.78. The molecule has 1 aliphatic heterocycles. The smallest absolute Gasteiger partial charge is 0.0483 e. The van der Waals surface area contributed by atoms with Crippen molar-refractivity contribution in [2.45, 2.75) is 26.7 Å². The number of hydrogen-bond donors (Lipinski definition) is 1. The molecule has 0 unspecified atom stereocenters. The second-order valence-corrected chi connectivity index (χ2v) is 4.34. The van der Waals surface area contributed by atoms with Gasteiger partial charge >= 0.3 is 0 Å². The van der Waals surface area contributed by atoms with Crippen molar-refractivity contribution in [1.29, 1.82) is 0 Å². The van der Waals surface area contributed by atoms with E-state index in [0.717, 1.165) is 19.0 Å². The maximum absolute atomic E-state index is 8.79. The second-order valence-electron chi connectivity index (χ2n) is 4.34. The largest absolute Gasteiger partial charge is 0.396 e. The Kier molecular flexibility index (Phi) is 4.02. The van der Waals surface area contributed by atoms with Crippen LogP contribution in [0.4, 0.5) is 0 Å². The van der Waals surface area contributed by atoms with Crippen LogP contribution in [0.2, 0.25) is 0 Å². The molecule has 1 heterocycles. The van der Waals surface area contributed by atoms with Gasteiger partial charge in [-0.1, -0.05) is 13.8 Å². The molecule has 1 fully saturated rings. The number of rotatable bonds is 5. The summed E-state index contributed by atoms with van der Waals surface area (Å²) in [7, 11) is 0. The van der Waals surface area contributed by atoms with Gasteiger partial charge in [0.2, 0.25) is 0 Å².